The summed E-state index contributed by atoms with van der Waals surface area (Å²) in [7, 11) is 0. The average molecular weight is 344 g/mol. The largest absolute Gasteiger partial charge is 0.396 e. The van der Waals surface area contributed by atoms with E-state index in [1.165, 1.54) is 5.56 Å². The number of nitro benzene ring substituents is 1. The zero-order chi connectivity index (χ0) is 17.5. The number of rotatable bonds is 3. The van der Waals surface area contributed by atoms with Gasteiger partial charge in [-0.15, -0.1) is 0 Å². The van der Waals surface area contributed by atoms with Gasteiger partial charge in [-0.3, -0.25) is 10.1 Å². The third-order valence-corrected chi connectivity index (χ3v) is 8.00. The van der Waals surface area contributed by atoms with Gasteiger partial charge in [0.2, 0.25) is 0 Å². The molecular weight excluding hydrogens is 320 g/mol. The van der Waals surface area contributed by atoms with Crippen molar-refractivity contribution < 1.29 is 15.1 Å². The molecule has 1 aromatic rings. The highest BCUT2D eigenvalue weighted by molar-refractivity contribution is 5.65. The van der Waals surface area contributed by atoms with Crippen LogP contribution < -0.4 is 5.73 Å². The quantitative estimate of drug-likeness (QED) is 0.442. The van der Waals surface area contributed by atoms with Crippen LogP contribution in [0.4, 0.5) is 11.4 Å². The maximum atomic E-state index is 11.3. The van der Waals surface area contributed by atoms with Crippen molar-refractivity contribution >= 4 is 11.4 Å². The predicted molar refractivity (Wildman–Crippen MR) is 92.0 cm³/mol. The summed E-state index contributed by atoms with van der Waals surface area (Å²) in [6, 6.07) is 3.55. The van der Waals surface area contributed by atoms with Gasteiger partial charge in [0.1, 0.15) is 5.69 Å². The molecule has 4 saturated carbocycles. The van der Waals surface area contributed by atoms with Gasteiger partial charge < -0.3 is 15.9 Å². The molecular formula is C19H24N2O4. The van der Waals surface area contributed by atoms with Crippen molar-refractivity contribution in [3.8, 4) is 0 Å². The van der Waals surface area contributed by atoms with E-state index in [1.54, 1.807) is 6.07 Å². The van der Waals surface area contributed by atoms with Gasteiger partial charge in [-0.1, -0.05) is 0 Å². The highest BCUT2D eigenvalue weighted by atomic mass is 16.6. The normalized spacial score (nSPS) is 43.1. The Balaban J connectivity index is 1.61. The Labute approximate surface area is 146 Å². The Morgan fingerprint density at radius 1 is 1.04 bits per heavy atom. The minimum absolute atomic E-state index is 0.0239. The van der Waals surface area contributed by atoms with Crippen LogP contribution in [0.1, 0.15) is 42.2 Å². The molecule has 4 bridgehead atoms. The van der Waals surface area contributed by atoms with Gasteiger partial charge in [-0.05, 0) is 83.8 Å². The lowest BCUT2D eigenvalue weighted by atomic mass is 9.47. The Kier molecular flexibility index (Phi) is 3.23. The van der Waals surface area contributed by atoms with E-state index in [4.69, 9.17) is 5.73 Å². The Morgan fingerprint density at radius 3 is 2.04 bits per heavy atom. The molecule has 5 aliphatic rings. The molecule has 0 aliphatic heterocycles. The zero-order valence-electron chi connectivity index (χ0n) is 14.0. The Bertz CT molecular complexity index is 751. The fraction of sp³-hybridized carbons (Fsp3) is 0.684. The van der Waals surface area contributed by atoms with Crippen LogP contribution in [0.3, 0.4) is 0 Å². The number of aliphatic hydroxyl groups excluding tert-OH is 2. The molecule has 4 N–H and O–H groups in total. The van der Waals surface area contributed by atoms with E-state index in [1.807, 2.05) is 6.07 Å². The minimum Gasteiger partial charge on any atom is -0.396 e. The first-order valence-electron chi connectivity index (χ1n) is 9.36. The minimum atomic E-state index is -0.384. The standard InChI is InChI=1S/C19H24N2O4/c20-16-4-10-11(5-17(16)21(24)25)13-3-12(10)18-8-1-2-9(19(13)18)15(7-23)14(8)6-22/h4-5,8-9,12-15,18-19,22-23H,1-3,6-7,20H2/t8-,9+,12+,13-,14-,15-,18+,19-/m1/s1. The van der Waals surface area contributed by atoms with Gasteiger partial charge >= 0.3 is 0 Å². The summed E-state index contributed by atoms with van der Waals surface area (Å²) in [4.78, 5) is 10.9. The molecule has 0 heterocycles. The van der Waals surface area contributed by atoms with Gasteiger partial charge in [-0.25, -0.2) is 0 Å². The van der Waals surface area contributed by atoms with Gasteiger partial charge in [0.25, 0.3) is 5.69 Å². The van der Waals surface area contributed by atoms with Crippen LogP contribution in [0.2, 0.25) is 0 Å². The number of aliphatic hydroxyl groups is 2. The van der Waals surface area contributed by atoms with E-state index < -0.39 is 0 Å². The summed E-state index contributed by atoms with van der Waals surface area (Å²) in [6.45, 7) is 0.296. The molecule has 6 nitrogen and oxygen atoms in total. The summed E-state index contributed by atoms with van der Waals surface area (Å²) < 4.78 is 0. The molecule has 6 heteroatoms. The number of hydrogen-bond acceptors (Lipinski definition) is 5. The SMILES string of the molecule is Nc1cc2c(cc1[N+](=O)[O-])[C@H]1C[C@@H]2[C@@H]2[C@@H]3CC[C@@H]([C@@H](CO)[C@@H]3CO)[C@@H]21. The second-order valence-electron chi connectivity index (χ2n) is 8.50. The van der Waals surface area contributed by atoms with Crippen molar-refractivity contribution in [3.63, 3.8) is 0 Å². The predicted octanol–water partition coefficient (Wildman–Crippen LogP) is 2.25. The van der Waals surface area contributed by atoms with Crippen molar-refractivity contribution in [2.24, 2.45) is 35.5 Å². The molecule has 0 amide bonds. The number of benzene rings is 1. The maximum Gasteiger partial charge on any atom is 0.292 e. The lowest BCUT2D eigenvalue weighted by Crippen LogP contribution is -2.54. The summed E-state index contributed by atoms with van der Waals surface area (Å²) in [5, 5.41) is 31.2. The number of nitrogen functional groups attached to an aromatic ring is 1. The number of nitrogens with two attached hydrogens (primary N) is 1. The molecule has 1 aromatic carbocycles. The van der Waals surface area contributed by atoms with Gasteiger partial charge in [0, 0.05) is 19.3 Å². The monoisotopic (exact) mass is 344 g/mol. The van der Waals surface area contributed by atoms with Gasteiger partial charge in [0.05, 0.1) is 4.92 Å². The average Bonchev–Trinajstić information content (AvgIpc) is 3.18. The number of fused-ring (bicyclic) bond motifs is 7. The van der Waals surface area contributed by atoms with E-state index in [9.17, 15) is 20.3 Å². The smallest absolute Gasteiger partial charge is 0.292 e. The van der Waals surface area contributed by atoms with Crippen molar-refractivity contribution in [2.45, 2.75) is 31.1 Å². The maximum absolute atomic E-state index is 11.3. The highest BCUT2D eigenvalue weighted by Gasteiger charge is 2.63. The molecule has 0 unspecified atom stereocenters. The molecule has 134 valence electrons. The van der Waals surface area contributed by atoms with Crippen LogP contribution in [-0.4, -0.2) is 28.4 Å². The molecule has 0 spiro atoms. The number of hydrogen-bond donors (Lipinski definition) is 3. The third kappa shape index (κ3) is 1.82. The lowest BCUT2D eigenvalue weighted by molar-refractivity contribution is -0.384. The fourth-order valence-electron chi connectivity index (χ4n) is 7.35. The molecule has 5 aliphatic carbocycles. The van der Waals surface area contributed by atoms with E-state index in [-0.39, 0.29) is 41.3 Å². The first-order chi connectivity index (χ1) is 12.1. The molecule has 6 rings (SSSR count). The van der Waals surface area contributed by atoms with E-state index >= 15 is 0 Å². The van der Waals surface area contributed by atoms with Crippen LogP contribution in [0, 0.1) is 45.6 Å². The van der Waals surface area contributed by atoms with Crippen LogP contribution >= 0.6 is 0 Å². The molecule has 0 radical (unpaired) electrons. The fourth-order valence-corrected chi connectivity index (χ4v) is 7.35. The first kappa shape index (κ1) is 15.6. The van der Waals surface area contributed by atoms with Crippen LogP contribution in [0.5, 0.6) is 0 Å². The molecule has 0 aromatic heterocycles. The van der Waals surface area contributed by atoms with Crippen molar-refractivity contribution in [3.05, 3.63) is 33.4 Å². The van der Waals surface area contributed by atoms with Gasteiger partial charge in [0.15, 0.2) is 0 Å². The summed E-state index contributed by atoms with van der Waals surface area (Å²) in [5.41, 5.74) is 8.57. The van der Waals surface area contributed by atoms with E-state index in [0.717, 1.165) is 24.8 Å². The highest BCUT2D eigenvalue weighted by Crippen LogP contribution is 2.71. The second kappa shape index (κ2) is 5.17. The van der Waals surface area contributed by atoms with Crippen LogP contribution in [-0.2, 0) is 0 Å². The summed E-state index contributed by atoms with van der Waals surface area (Å²) in [6.07, 6.45) is 3.30. The first-order valence-corrected chi connectivity index (χ1v) is 9.36. The topological polar surface area (TPSA) is 110 Å². The third-order valence-electron chi connectivity index (χ3n) is 8.00. The molecule has 25 heavy (non-hydrogen) atoms. The van der Waals surface area contributed by atoms with E-state index in [0.29, 0.717) is 35.5 Å². The Morgan fingerprint density at radius 2 is 1.56 bits per heavy atom. The second-order valence-corrected chi connectivity index (χ2v) is 8.50. The van der Waals surface area contributed by atoms with Crippen molar-refractivity contribution in [2.75, 3.05) is 18.9 Å². The number of anilines is 1. The Hall–Kier alpha value is -1.66. The summed E-state index contributed by atoms with van der Waals surface area (Å²) >= 11 is 0. The van der Waals surface area contributed by atoms with Crippen molar-refractivity contribution in [1.29, 1.82) is 0 Å². The van der Waals surface area contributed by atoms with E-state index in [2.05, 4.69) is 0 Å². The van der Waals surface area contributed by atoms with Gasteiger partial charge in [-0.2, -0.15) is 0 Å². The zero-order valence-corrected chi connectivity index (χ0v) is 14.0. The molecule has 8 atom stereocenters. The lowest BCUT2D eigenvalue weighted by Gasteiger charge is -2.58. The molecule has 4 fully saturated rings. The van der Waals surface area contributed by atoms with Crippen molar-refractivity contribution in [1.82, 2.24) is 0 Å². The number of nitrogens with zero attached hydrogens (tertiary/aromatic N) is 1. The van der Waals surface area contributed by atoms with Crippen LogP contribution in [0.25, 0.3) is 0 Å². The summed E-state index contributed by atoms with van der Waals surface area (Å²) in [5.74, 6) is 3.06. The molecule has 0 saturated heterocycles. The number of nitro groups is 1. The van der Waals surface area contributed by atoms with Crippen LogP contribution in [0.15, 0.2) is 12.1 Å².